The van der Waals surface area contributed by atoms with Crippen molar-refractivity contribution in [2.75, 3.05) is 68.7 Å². The molecule has 32 heavy (non-hydrogen) atoms. The van der Waals surface area contributed by atoms with Crippen molar-refractivity contribution in [3.8, 4) is 0 Å². The van der Waals surface area contributed by atoms with Gasteiger partial charge in [0.25, 0.3) is 5.69 Å². The predicted molar refractivity (Wildman–Crippen MR) is 122 cm³/mol. The molecule has 0 N–H and O–H groups in total. The molecule has 0 saturated carbocycles. The fourth-order valence-electron chi connectivity index (χ4n) is 4.41. The van der Waals surface area contributed by atoms with E-state index in [4.69, 9.17) is 0 Å². The Bertz CT molecular complexity index is 947. The maximum Gasteiger partial charge on any atom is 0.292 e. The second-order valence-corrected chi connectivity index (χ2v) is 8.21. The maximum atomic E-state index is 13.2. The molecule has 0 spiro atoms. The molecule has 4 rings (SSSR count). The van der Waals surface area contributed by atoms with E-state index in [-0.39, 0.29) is 22.3 Å². The number of para-hydroxylation sites is 2. The number of amides is 1. The summed E-state index contributed by atoms with van der Waals surface area (Å²) in [6, 6.07) is 13.3. The molecule has 0 atom stereocenters. The van der Waals surface area contributed by atoms with Gasteiger partial charge in [0.1, 0.15) is 11.5 Å². The van der Waals surface area contributed by atoms with Crippen molar-refractivity contribution in [2.45, 2.75) is 6.42 Å². The van der Waals surface area contributed by atoms with Gasteiger partial charge >= 0.3 is 0 Å². The zero-order valence-electron chi connectivity index (χ0n) is 18.0. The third-order valence-electron chi connectivity index (χ3n) is 6.19. The van der Waals surface area contributed by atoms with Gasteiger partial charge in [-0.05, 0) is 36.8 Å². The molecule has 0 aromatic heterocycles. The Kier molecular flexibility index (Phi) is 6.84. The lowest BCUT2D eigenvalue weighted by Crippen LogP contribution is -2.51. The molecule has 8 nitrogen and oxygen atoms in total. The van der Waals surface area contributed by atoms with Gasteiger partial charge in [-0.15, -0.1) is 0 Å². The normalized spacial score (nSPS) is 17.8. The van der Waals surface area contributed by atoms with Crippen LogP contribution in [0.25, 0.3) is 0 Å². The molecular weight excluding hydrogens is 413 g/mol. The van der Waals surface area contributed by atoms with Gasteiger partial charge < -0.3 is 14.7 Å². The van der Waals surface area contributed by atoms with Crippen LogP contribution in [0.5, 0.6) is 0 Å². The van der Waals surface area contributed by atoms with Gasteiger partial charge in [0, 0.05) is 64.1 Å². The number of nitro benzene ring substituents is 1. The third kappa shape index (κ3) is 5.16. The van der Waals surface area contributed by atoms with E-state index < -0.39 is 0 Å². The highest BCUT2D eigenvalue weighted by molar-refractivity contribution is 5.78. The van der Waals surface area contributed by atoms with E-state index in [1.807, 2.05) is 9.80 Å². The zero-order valence-corrected chi connectivity index (χ0v) is 18.0. The molecule has 2 aliphatic heterocycles. The van der Waals surface area contributed by atoms with Crippen LogP contribution in [0, 0.1) is 15.9 Å². The highest BCUT2D eigenvalue weighted by Crippen LogP contribution is 2.28. The Balaban J connectivity index is 1.28. The summed E-state index contributed by atoms with van der Waals surface area (Å²) in [4.78, 5) is 32.1. The van der Waals surface area contributed by atoms with Crippen LogP contribution in [0.4, 0.5) is 21.5 Å². The molecule has 170 valence electrons. The van der Waals surface area contributed by atoms with Crippen LogP contribution in [0.15, 0.2) is 48.5 Å². The topological polar surface area (TPSA) is 73.2 Å². The van der Waals surface area contributed by atoms with E-state index in [0.29, 0.717) is 38.4 Å². The number of benzene rings is 2. The van der Waals surface area contributed by atoms with E-state index >= 15 is 0 Å². The SMILES string of the molecule is O=C(CN1CCCN(c2ccc(F)cc2)CC1)N1CCN(c2ccccc2[N+](=O)[O-])CC1. The minimum absolute atomic E-state index is 0.0995. The quantitative estimate of drug-likeness (QED) is 0.525. The number of halogens is 1. The second-order valence-electron chi connectivity index (χ2n) is 8.21. The van der Waals surface area contributed by atoms with Crippen LogP contribution >= 0.6 is 0 Å². The number of piperazine rings is 1. The van der Waals surface area contributed by atoms with Gasteiger partial charge in [0.15, 0.2) is 0 Å². The Labute approximate surface area is 187 Å². The summed E-state index contributed by atoms with van der Waals surface area (Å²) in [7, 11) is 0. The fraction of sp³-hybridized carbons (Fsp3) is 0.435. The number of nitro groups is 1. The molecule has 0 bridgehead atoms. The summed E-state index contributed by atoms with van der Waals surface area (Å²) in [5, 5.41) is 11.3. The summed E-state index contributed by atoms with van der Waals surface area (Å²) in [6.45, 7) is 5.95. The lowest BCUT2D eigenvalue weighted by molar-refractivity contribution is -0.384. The highest BCUT2D eigenvalue weighted by Gasteiger charge is 2.27. The Morgan fingerprint density at radius 2 is 1.56 bits per heavy atom. The number of rotatable bonds is 5. The number of carbonyl (C=O) groups is 1. The summed E-state index contributed by atoms with van der Waals surface area (Å²) < 4.78 is 13.2. The first kappa shape index (κ1) is 22.0. The van der Waals surface area contributed by atoms with E-state index in [9.17, 15) is 19.3 Å². The van der Waals surface area contributed by atoms with E-state index in [0.717, 1.165) is 38.3 Å². The van der Waals surface area contributed by atoms with Crippen molar-refractivity contribution >= 4 is 23.0 Å². The Hall–Kier alpha value is -3.20. The lowest BCUT2D eigenvalue weighted by Gasteiger charge is -2.36. The van der Waals surface area contributed by atoms with Crippen molar-refractivity contribution in [1.82, 2.24) is 9.80 Å². The van der Waals surface area contributed by atoms with Crippen LogP contribution in [-0.4, -0.2) is 79.5 Å². The van der Waals surface area contributed by atoms with Gasteiger partial charge in [0.2, 0.25) is 5.91 Å². The summed E-state index contributed by atoms with van der Waals surface area (Å²) in [5.41, 5.74) is 1.71. The largest absolute Gasteiger partial charge is 0.370 e. The molecule has 2 fully saturated rings. The smallest absolute Gasteiger partial charge is 0.292 e. The molecule has 9 heteroatoms. The molecule has 0 radical (unpaired) electrons. The van der Waals surface area contributed by atoms with Crippen LogP contribution in [0.1, 0.15) is 6.42 Å². The molecule has 0 aliphatic carbocycles. The van der Waals surface area contributed by atoms with Crippen molar-refractivity contribution in [3.63, 3.8) is 0 Å². The molecule has 1 amide bonds. The second kappa shape index (κ2) is 9.95. The van der Waals surface area contributed by atoms with E-state index in [1.165, 1.54) is 18.2 Å². The average molecular weight is 442 g/mol. The van der Waals surface area contributed by atoms with E-state index in [1.54, 1.807) is 30.3 Å². The zero-order chi connectivity index (χ0) is 22.5. The van der Waals surface area contributed by atoms with Crippen LogP contribution < -0.4 is 9.80 Å². The van der Waals surface area contributed by atoms with Gasteiger partial charge in [0.05, 0.1) is 11.5 Å². The number of nitrogens with zero attached hydrogens (tertiary/aromatic N) is 5. The Morgan fingerprint density at radius 3 is 2.28 bits per heavy atom. The Morgan fingerprint density at radius 1 is 0.875 bits per heavy atom. The van der Waals surface area contributed by atoms with E-state index in [2.05, 4.69) is 9.80 Å². The van der Waals surface area contributed by atoms with Gasteiger partial charge in [-0.2, -0.15) is 0 Å². The summed E-state index contributed by atoms with van der Waals surface area (Å²) in [6.07, 6.45) is 0.941. The molecule has 2 aromatic rings. The van der Waals surface area contributed by atoms with Crippen molar-refractivity contribution < 1.29 is 14.1 Å². The minimum Gasteiger partial charge on any atom is -0.370 e. The molecule has 2 aromatic carbocycles. The molecular formula is C23H28FN5O3. The number of hydrogen-bond donors (Lipinski definition) is 0. The monoisotopic (exact) mass is 441 g/mol. The molecule has 2 heterocycles. The number of carbonyl (C=O) groups excluding carboxylic acids is 1. The third-order valence-corrected chi connectivity index (χ3v) is 6.19. The van der Waals surface area contributed by atoms with Crippen molar-refractivity contribution in [2.24, 2.45) is 0 Å². The number of anilines is 2. The van der Waals surface area contributed by atoms with Crippen molar-refractivity contribution in [3.05, 3.63) is 64.5 Å². The van der Waals surface area contributed by atoms with Crippen LogP contribution in [0.2, 0.25) is 0 Å². The molecule has 2 aliphatic rings. The van der Waals surface area contributed by atoms with Crippen LogP contribution in [0.3, 0.4) is 0 Å². The lowest BCUT2D eigenvalue weighted by atomic mass is 10.2. The standard InChI is InChI=1S/C23H28FN5O3/c24-19-6-8-20(9-7-19)26-11-3-10-25(12-13-26)18-23(30)28-16-14-27(15-17-28)21-4-1-2-5-22(21)29(31)32/h1-2,4-9H,3,10-18H2. The average Bonchev–Trinajstić information content (AvgIpc) is 3.05. The van der Waals surface area contributed by atoms with Gasteiger partial charge in [-0.3, -0.25) is 19.8 Å². The predicted octanol–water partition coefficient (Wildman–Crippen LogP) is 2.59. The molecule has 0 unspecified atom stereocenters. The summed E-state index contributed by atoms with van der Waals surface area (Å²) in [5.74, 6) is -0.139. The molecule has 2 saturated heterocycles. The maximum absolute atomic E-state index is 13.2. The van der Waals surface area contributed by atoms with Crippen molar-refractivity contribution in [1.29, 1.82) is 0 Å². The summed E-state index contributed by atoms with van der Waals surface area (Å²) >= 11 is 0. The first-order valence-corrected chi connectivity index (χ1v) is 11.0. The minimum atomic E-state index is -0.360. The first-order chi connectivity index (χ1) is 15.5. The fourth-order valence-corrected chi connectivity index (χ4v) is 4.41. The first-order valence-electron chi connectivity index (χ1n) is 11.0. The number of hydrogen-bond acceptors (Lipinski definition) is 6. The van der Waals surface area contributed by atoms with Gasteiger partial charge in [-0.25, -0.2) is 4.39 Å². The highest BCUT2D eigenvalue weighted by atomic mass is 19.1. The van der Waals surface area contributed by atoms with Crippen LogP contribution in [-0.2, 0) is 4.79 Å². The van der Waals surface area contributed by atoms with Gasteiger partial charge in [-0.1, -0.05) is 12.1 Å².